The standard InChI is InChI=1S/C14H33N3O/c1-13(15)11-17-14(2)12-16-9-7-5-3-4-6-8-10-18/h13-14,16-18H,3-12,15H2,1-2H3. The Morgan fingerprint density at radius 1 is 0.944 bits per heavy atom. The van der Waals surface area contributed by atoms with E-state index in [1.807, 2.05) is 6.92 Å². The van der Waals surface area contributed by atoms with E-state index in [1.165, 1.54) is 32.1 Å². The highest BCUT2D eigenvalue weighted by Gasteiger charge is 2.01. The topological polar surface area (TPSA) is 70.3 Å². The van der Waals surface area contributed by atoms with Gasteiger partial charge in [0.05, 0.1) is 0 Å². The van der Waals surface area contributed by atoms with Gasteiger partial charge < -0.3 is 21.5 Å². The van der Waals surface area contributed by atoms with Gasteiger partial charge in [-0.15, -0.1) is 0 Å². The summed E-state index contributed by atoms with van der Waals surface area (Å²) in [7, 11) is 0. The highest BCUT2D eigenvalue weighted by Crippen LogP contribution is 2.04. The summed E-state index contributed by atoms with van der Waals surface area (Å²) < 4.78 is 0. The zero-order chi connectivity index (χ0) is 13.6. The van der Waals surface area contributed by atoms with E-state index in [1.54, 1.807) is 0 Å². The van der Waals surface area contributed by atoms with Crippen LogP contribution in [-0.4, -0.2) is 43.4 Å². The van der Waals surface area contributed by atoms with E-state index in [0.29, 0.717) is 12.6 Å². The van der Waals surface area contributed by atoms with E-state index in [0.717, 1.165) is 26.1 Å². The lowest BCUT2D eigenvalue weighted by molar-refractivity contribution is 0.282. The molecule has 0 bridgehead atoms. The molecule has 0 aromatic carbocycles. The Hall–Kier alpha value is -0.160. The van der Waals surface area contributed by atoms with E-state index in [4.69, 9.17) is 10.8 Å². The molecule has 4 heteroatoms. The second-order valence-electron chi connectivity index (χ2n) is 5.34. The van der Waals surface area contributed by atoms with Gasteiger partial charge in [0, 0.05) is 31.8 Å². The summed E-state index contributed by atoms with van der Waals surface area (Å²) in [6.07, 6.45) is 7.22. The third-order valence-electron chi connectivity index (χ3n) is 3.00. The molecule has 2 atom stereocenters. The van der Waals surface area contributed by atoms with Gasteiger partial charge >= 0.3 is 0 Å². The first-order valence-corrected chi connectivity index (χ1v) is 7.47. The number of hydrogen-bond acceptors (Lipinski definition) is 4. The predicted octanol–water partition coefficient (Wildman–Crippen LogP) is 1.23. The lowest BCUT2D eigenvalue weighted by atomic mass is 10.1. The maximum absolute atomic E-state index is 8.65. The van der Waals surface area contributed by atoms with E-state index in [-0.39, 0.29) is 6.04 Å². The number of unbranched alkanes of at least 4 members (excludes halogenated alkanes) is 5. The first kappa shape index (κ1) is 17.8. The highest BCUT2D eigenvalue weighted by atomic mass is 16.2. The largest absolute Gasteiger partial charge is 0.396 e. The normalized spacial score (nSPS) is 14.7. The van der Waals surface area contributed by atoms with Crippen LogP contribution < -0.4 is 16.4 Å². The van der Waals surface area contributed by atoms with Crippen LogP contribution >= 0.6 is 0 Å². The van der Waals surface area contributed by atoms with Crippen molar-refractivity contribution in [1.82, 2.24) is 10.6 Å². The molecule has 0 aromatic heterocycles. The molecule has 5 N–H and O–H groups in total. The van der Waals surface area contributed by atoms with Crippen LogP contribution in [-0.2, 0) is 0 Å². The molecule has 0 saturated carbocycles. The van der Waals surface area contributed by atoms with Crippen LogP contribution in [0.25, 0.3) is 0 Å². The van der Waals surface area contributed by atoms with Crippen molar-refractivity contribution in [2.75, 3.05) is 26.2 Å². The Morgan fingerprint density at radius 2 is 1.56 bits per heavy atom. The van der Waals surface area contributed by atoms with Gasteiger partial charge in [-0.2, -0.15) is 0 Å². The first-order valence-electron chi connectivity index (χ1n) is 7.47. The van der Waals surface area contributed by atoms with Crippen molar-refractivity contribution in [2.45, 2.75) is 64.5 Å². The van der Waals surface area contributed by atoms with Gasteiger partial charge in [-0.1, -0.05) is 25.7 Å². The number of rotatable bonds is 13. The molecule has 0 heterocycles. The van der Waals surface area contributed by atoms with Crippen molar-refractivity contribution >= 4 is 0 Å². The zero-order valence-electron chi connectivity index (χ0n) is 12.3. The predicted molar refractivity (Wildman–Crippen MR) is 78.8 cm³/mol. The van der Waals surface area contributed by atoms with Crippen molar-refractivity contribution in [2.24, 2.45) is 5.73 Å². The Labute approximate surface area is 113 Å². The van der Waals surface area contributed by atoms with Crippen LogP contribution in [0.5, 0.6) is 0 Å². The minimum absolute atomic E-state index is 0.228. The second kappa shape index (κ2) is 13.3. The minimum atomic E-state index is 0.228. The van der Waals surface area contributed by atoms with Crippen molar-refractivity contribution in [3.05, 3.63) is 0 Å². The molecule has 0 aliphatic rings. The van der Waals surface area contributed by atoms with Gasteiger partial charge in [0.2, 0.25) is 0 Å². The number of nitrogens with one attached hydrogen (secondary N) is 2. The molecule has 0 saturated heterocycles. The number of hydrogen-bond donors (Lipinski definition) is 4. The molecule has 0 amide bonds. The first-order chi connectivity index (χ1) is 8.66. The van der Waals surface area contributed by atoms with Crippen molar-refractivity contribution in [3.63, 3.8) is 0 Å². The maximum Gasteiger partial charge on any atom is 0.0431 e. The number of nitrogens with two attached hydrogens (primary N) is 1. The molecule has 0 radical (unpaired) electrons. The van der Waals surface area contributed by atoms with Gasteiger partial charge in [0.25, 0.3) is 0 Å². The molecular weight excluding hydrogens is 226 g/mol. The van der Waals surface area contributed by atoms with Crippen LogP contribution in [0.2, 0.25) is 0 Å². The molecule has 0 fully saturated rings. The van der Waals surface area contributed by atoms with Gasteiger partial charge in [-0.05, 0) is 33.2 Å². The fourth-order valence-corrected chi connectivity index (χ4v) is 1.85. The van der Waals surface area contributed by atoms with Gasteiger partial charge in [0.15, 0.2) is 0 Å². The molecule has 110 valence electrons. The molecule has 4 nitrogen and oxygen atoms in total. The molecule has 0 aliphatic carbocycles. The summed E-state index contributed by atoms with van der Waals surface area (Å²) in [4.78, 5) is 0. The zero-order valence-corrected chi connectivity index (χ0v) is 12.3. The summed E-state index contributed by atoms with van der Waals surface area (Å²) in [6.45, 7) is 7.54. The Balaban J connectivity index is 3.10. The van der Waals surface area contributed by atoms with Gasteiger partial charge in [-0.3, -0.25) is 0 Å². The minimum Gasteiger partial charge on any atom is -0.396 e. The second-order valence-corrected chi connectivity index (χ2v) is 5.34. The summed E-state index contributed by atoms with van der Waals surface area (Å²) in [5.41, 5.74) is 5.69. The van der Waals surface area contributed by atoms with Crippen LogP contribution in [0.15, 0.2) is 0 Å². The summed E-state index contributed by atoms with van der Waals surface area (Å²) in [5, 5.41) is 15.5. The monoisotopic (exact) mass is 259 g/mol. The maximum atomic E-state index is 8.65. The number of aliphatic hydroxyl groups excluding tert-OH is 1. The van der Waals surface area contributed by atoms with Gasteiger partial charge in [-0.25, -0.2) is 0 Å². The molecule has 2 unspecified atom stereocenters. The number of aliphatic hydroxyl groups is 1. The average molecular weight is 259 g/mol. The fraction of sp³-hybridized carbons (Fsp3) is 1.00. The van der Waals surface area contributed by atoms with Crippen LogP contribution in [0.3, 0.4) is 0 Å². The van der Waals surface area contributed by atoms with Crippen molar-refractivity contribution in [3.8, 4) is 0 Å². The summed E-state index contributed by atoms with van der Waals surface area (Å²) in [5.74, 6) is 0. The SMILES string of the molecule is CC(N)CNC(C)CNCCCCCCCCO. The fourth-order valence-electron chi connectivity index (χ4n) is 1.85. The summed E-state index contributed by atoms with van der Waals surface area (Å²) >= 11 is 0. The van der Waals surface area contributed by atoms with Crippen molar-refractivity contribution in [1.29, 1.82) is 0 Å². The molecule has 0 spiro atoms. The molecular formula is C14H33N3O. The summed E-state index contributed by atoms with van der Waals surface area (Å²) in [6, 6.07) is 0.715. The molecule has 0 aliphatic heterocycles. The van der Waals surface area contributed by atoms with E-state index in [9.17, 15) is 0 Å². The van der Waals surface area contributed by atoms with Crippen LogP contribution in [0.4, 0.5) is 0 Å². The lowest BCUT2D eigenvalue weighted by Crippen LogP contribution is -2.41. The van der Waals surface area contributed by atoms with Crippen molar-refractivity contribution < 1.29 is 5.11 Å². The third-order valence-corrected chi connectivity index (χ3v) is 3.00. The van der Waals surface area contributed by atoms with E-state index >= 15 is 0 Å². The van der Waals surface area contributed by atoms with Crippen LogP contribution in [0, 0.1) is 0 Å². The third kappa shape index (κ3) is 13.9. The Kier molecular flexibility index (Phi) is 13.2. The quantitative estimate of drug-likeness (QED) is 0.376. The highest BCUT2D eigenvalue weighted by molar-refractivity contribution is 4.67. The molecule has 0 rings (SSSR count). The molecule has 18 heavy (non-hydrogen) atoms. The molecule has 0 aromatic rings. The smallest absolute Gasteiger partial charge is 0.0431 e. The van der Waals surface area contributed by atoms with E-state index in [2.05, 4.69) is 17.6 Å². The lowest BCUT2D eigenvalue weighted by Gasteiger charge is -2.16. The Morgan fingerprint density at radius 3 is 2.17 bits per heavy atom. The Bertz CT molecular complexity index is 165. The van der Waals surface area contributed by atoms with E-state index < -0.39 is 0 Å². The average Bonchev–Trinajstić information content (AvgIpc) is 2.34. The van der Waals surface area contributed by atoms with Crippen LogP contribution in [0.1, 0.15) is 52.4 Å². The van der Waals surface area contributed by atoms with Gasteiger partial charge in [0.1, 0.15) is 0 Å².